The summed E-state index contributed by atoms with van der Waals surface area (Å²) in [6.07, 6.45) is 0. The summed E-state index contributed by atoms with van der Waals surface area (Å²) in [5.41, 5.74) is 3.55. The molecule has 0 aliphatic heterocycles. The van der Waals surface area contributed by atoms with Crippen LogP contribution in [0.2, 0.25) is 0 Å². The Balaban J connectivity index is 1.84. The van der Waals surface area contributed by atoms with E-state index >= 15 is 0 Å². The van der Waals surface area contributed by atoms with Gasteiger partial charge in [-0.15, -0.1) is 0 Å². The van der Waals surface area contributed by atoms with Gasteiger partial charge in [0.15, 0.2) is 0 Å². The molecule has 2 aromatic carbocycles. The first kappa shape index (κ1) is 23.1. The molecule has 0 heterocycles. The van der Waals surface area contributed by atoms with Gasteiger partial charge < -0.3 is 15.5 Å². The molecule has 0 aliphatic carbocycles. The molecule has 0 fully saturated rings. The fourth-order valence-electron chi connectivity index (χ4n) is 2.89. The zero-order valence-electron chi connectivity index (χ0n) is 18.1. The zero-order valence-corrected chi connectivity index (χ0v) is 18.1. The molecule has 0 aromatic heterocycles. The largest absolute Gasteiger partial charge is 0.340 e. The normalized spacial score (nSPS) is 10.6. The van der Waals surface area contributed by atoms with Gasteiger partial charge in [-0.1, -0.05) is 36.8 Å². The molecular formula is C23H30N4O3. The summed E-state index contributed by atoms with van der Waals surface area (Å²) < 4.78 is 0. The molecule has 30 heavy (non-hydrogen) atoms. The average Bonchev–Trinajstić information content (AvgIpc) is 2.70. The number of likely N-dealkylation sites (N-methyl/N-ethyl adjacent to an activating group) is 2. The highest BCUT2D eigenvalue weighted by Crippen LogP contribution is 2.13. The molecule has 0 spiro atoms. The van der Waals surface area contributed by atoms with E-state index in [0.29, 0.717) is 24.5 Å². The maximum Gasteiger partial charge on any atom is 0.238 e. The fourth-order valence-corrected chi connectivity index (χ4v) is 2.89. The number of rotatable bonds is 9. The average molecular weight is 411 g/mol. The Hall–Kier alpha value is -3.19. The van der Waals surface area contributed by atoms with Crippen LogP contribution in [0.4, 0.5) is 11.4 Å². The number of anilines is 2. The fraction of sp³-hybridized carbons (Fsp3) is 0.348. The van der Waals surface area contributed by atoms with E-state index in [1.165, 1.54) is 12.5 Å². The monoisotopic (exact) mass is 410 g/mol. The van der Waals surface area contributed by atoms with Crippen LogP contribution in [0.25, 0.3) is 0 Å². The van der Waals surface area contributed by atoms with Crippen LogP contribution in [0.1, 0.15) is 25.0 Å². The number of carbonyl (C=O) groups excluding carboxylic acids is 3. The molecule has 160 valence electrons. The molecule has 0 atom stereocenters. The third-order valence-electron chi connectivity index (χ3n) is 4.63. The molecule has 0 saturated heterocycles. The lowest BCUT2D eigenvalue weighted by Gasteiger charge is -2.23. The summed E-state index contributed by atoms with van der Waals surface area (Å²) in [5, 5.41) is 5.49. The van der Waals surface area contributed by atoms with Gasteiger partial charge in [-0.05, 0) is 43.3 Å². The zero-order chi connectivity index (χ0) is 22.1. The number of hydrogen-bond donors (Lipinski definition) is 2. The summed E-state index contributed by atoms with van der Waals surface area (Å²) in [7, 11) is 1.77. The molecule has 0 bridgehead atoms. The van der Waals surface area contributed by atoms with Gasteiger partial charge in [-0.25, -0.2) is 0 Å². The lowest BCUT2D eigenvalue weighted by molar-refractivity contribution is -0.132. The quantitative estimate of drug-likeness (QED) is 0.666. The van der Waals surface area contributed by atoms with E-state index < -0.39 is 0 Å². The van der Waals surface area contributed by atoms with Gasteiger partial charge in [0, 0.05) is 31.9 Å². The van der Waals surface area contributed by atoms with Crippen molar-refractivity contribution in [1.29, 1.82) is 0 Å². The number of hydrogen-bond acceptors (Lipinski definition) is 4. The predicted octanol–water partition coefficient (Wildman–Crippen LogP) is 2.87. The van der Waals surface area contributed by atoms with E-state index in [1.807, 2.05) is 38.1 Å². The second-order valence-corrected chi connectivity index (χ2v) is 7.35. The summed E-state index contributed by atoms with van der Waals surface area (Å²) in [6.45, 7) is 6.79. The van der Waals surface area contributed by atoms with Gasteiger partial charge in [-0.2, -0.15) is 0 Å². The number of amides is 3. The Morgan fingerprint density at radius 1 is 0.867 bits per heavy atom. The van der Waals surface area contributed by atoms with Crippen LogP contribution in [0.3, 0.4) is 0 Å². The Bertz CT molecular complexity index is 863. The van der Waals surface area contributed by atoms with Crippen molar-refractivity contribution in [3.8, 4) is 0 Å². The predicted molar refractivity (Wildman–Crippen MR) is 119 cm³/mol. The van der Waals surface area contributed by atoms with Gasteiger partial charge in [-0.3, -0.25) is 19.3 Å². The Kier molecular flexibility index (Phi) is 8.55. The van der Waals surface area contributed by atoms with E-state index in [0.717, 1.165) is 5.56 Å². The first-order valence-electron chi connectivity index (χ1n) is 9.96. The van der Waals surface area contributed by atoms with Gasteiger partial charge in [0.05, 0.1) is 13.1 Å². The summed E-state index contributed by atoms with van der Waals surface area (Å²) in [4.78, 5) is 39.5. The van der Waals surface area contributed by atoms with E-state index in [2.05, 4.69) is 10.6 Å². The van der Waals surface area contributed by atoms with Gasteiger partial charge >= 0.3 is 0 Å². The number of benzene rings is 2. The van der Waals surface area contributed by atoms with Gasteiger partial charge in [0.1, 0.15) is 0 Å². The number of nitrogens with zero attached hydrogens (tertiary/aromatic N) is 2. The van der Waals surface area contributed by atoms with Crippen molar-refractivity contribution in [3.05, 3.63) is 59.7 Å². The van der Waals surface area contributed by atoms with Crippen LogP contribution in [0.15, 0.2) is 48.5 Å². The molecule has 7 nitrogen and oxygen atoms in total. The van der Waals surface area contributed by atoms with Crippen LogP contribution in [0.5, 0.6) is 0 Å². The second-order valence-electron chi connectivity index (χ2n) is 7.35. The van der Waals surface area contributed by atoms with Crippen LogP contribution in [-0.4, -0.2) is 54.2 Å². The third-order valence-corrected chi connectivity index (χ3v) is 4.63. The van der Waals surface area contributed by atoms with Crippen molar-refractivity contribution in [3.63, 3.8) is 0 Å². The molecule has 0 radical (unpaired) electrons. The van der Waals surface area contributed by atoms with Gasteiger partial charge in [0.2, 0.25) is 17.7 Å². The lowest BCUT2D eigenvalue weighted by Crippen LogP contribution is -2.41. The second kappa shape index (κ2) is 11.1. The first-order valence-corrected chi connectivity index (χ1v) is 9.96. The van der Waals surface area contributed by atoms with Crippen molar-refractivity contribution in [2.75, 3.05) is 37.3 Å². The Morgan fingerprint density at radius 2 is 1.43 bits per heavy atom. The highest BCUT2D eigenvalue weighted by atomic mass is 16.2. The summed E-state index contributed by atoms with van der Waals surface area (Å²) >= 11 is 0. The van der Waals surface area contributed by atoms with Crippen molar-refractivity contribution in [1.82, 2.24) is 9.80 Å². The van der Waals surface area contributed by atoms with Crippen LogP contribution < -0.4 is 10.6 Å². The molecule has 0 saturated carbocycles. The number of nitrogens with one attached hydrogen (secondary N) is 2. The Labute approximate surface area is 178 Å². The minimum absolute atomic E-state index is 0.0371. The third kappa shape index (κ3) is 7.67. The molecule has 0 unspecified atom stereocenters. The topological polar surface area (TPSA) is 81.8 Å². The lowest BCUT2D eigenvalue weighted by atomic mass is 10.1. The van der Waals surface area contributed by atoms with E-state index in [-0.39, 0.29) is 30.8 Å². The molecule has 0 aliphatic rings. The van der Waals surface area contributed by atoms with Crippen molar-refractivity contribution in [2.45, 2.75) is 27.3 Å². The van der Waals surface area contributed by atoms with Crippen LogP contribution in [0, 0.1) is 6.92 Å². The van der Waals surface area contributed by atoms with Crippen molar-refractivity contribution < 1.29 is 14.4 Å². The minimum atomic E-state index is -0.196. The smallest absolute Gasteiger partial charge is 0.238 e. The molecule has 2 rings (SSSR count). The standard InChI is InChI=1S/C23H30N4O3/c1-5-27(16-23(30)26(4)14-19-8-6-17(2)7-9-19)15-22(29)25-21-12-10-20(11-13-21)24-18(3)28/h6-13H,5,14-16H2,1-4H3,(H,24,28)(H,25,29). The van der Waals surface area contributed by atoms with E-state index in [4.69, 9.17) is 0 Å². The van der Waals surface area contributed by atoms with Crippen molar-refractivity contribution >= 4 is 29.1 Å². The number of aryl methyl sites for hydroxylation is 1. The maximum absolute atomic E-state index is 12.6. The highest BCUT2D eigenvalue weighted by Gasteiger charge is 2.16. The van der Waals surface area contributed by atoms with Crippen molar-refractivity contribution in [2.24, 2.45) is 0 Å². The molecule has 2 aromatic rings. The SMILES string of the molecule is CCN(CC(=O)Nc1ccc(NC(C)=O)cc1)CC(=O)N(C)Cc1ccc(C)cc1. The Morgan fingerprint density at radius 3 is 1.97 bits per heavy atom. The number of carbonyl (C=O) groups is 3. The van der Waals surface area contributed by atoms with Crippen LogP contribution in [-0.2, 0) is 20.9 Å². The minimum Gasteiger partial charge on any atom is -0.340 e. The molecule has 2 N–H and O–H groups in total. The highest BCUT2D eigenvalue weighted by molar-refractivity contribution is 5.93. The van der Waals surface area contributed by atoms with E-state index in [1.54, 1.807) is 41.1 Å². The first-order chi connectivity index (χ1) is 14.3. The molecule has 7 heteroatoms. The maximum atomic E-state index is 12.6. The summed E-state index contributed by atoms with van der Waals surface area (Å²) in [6, 6.07) is 15.0. The van der Waals surface area contributed by atoms with Gasteiger partial charge in [0.25, 0.3) is 0 Å². The summed E-state index contributed by atoms with van der Waals surface area (Å²) in [5.74, 6) is -0.384. The van der Waals surface area contributed by atoms with Crippen LogP contribution >= 0.6 is 0 Å². The molecule has 3 amide bonds. The molecular weight excluding hydrogens is 380 g/mol. The van der Waals surface area contributed by atoms with E-state index in [9.17, 15) is 14.4 Å².